The minimum absolute atomic E-state index is 0.0306. The maximum atomic E-state index is 13.2. The third-order valence-corrected chi connectivity index (χ3v) is 6.32. The van der Waals surface area contributed by atoms with Crippen LogP contribution in [0.3, 0.4) is 0 Å². The molecule has 1 saturated heterocycles. The number of esters is 2. The second-order valence-electron chi connectivity index (χ2n) is 9.56. The monoisotopic (exact) mass is 568 g/mol. The largest absolute Gasteiger partial charge is 0.461 e. The van der Waals surface area contributed by atoms with Gasteiger partial charge in [0, 0.05) is 50.4 Å². The van der Waals surface area contributed by atoms with Crippen LogP contribution in [-0.2, 0) is 38.1 Å². The summed E-state index contributed by atoms with van der Waals surface area (Å²) in [5.74, 6) is -1.12. The first-order valence-corrected chi connectivity index (χ1v) is 13.9. The van der Waals surface area contributed by atoms with Crippen molar-refractivity contribution in [3.05, 3.63) is 24.3 Å². The van der Waals surface area contributed by atoms with Crippen molar-refractivity contribution in [3.8, 4) is 0 Å². The summed E-state index contributed by atoms with van der Waals surface area (Å²) in [4.78, 5) is 56.7. The third kappa shape index (κ3) is 14.5. The summed E-state index contributed by atoms with van der Waals surface area (Å²) >= 11 is 0. The van der Waals surface area contributed by atoms with Gasteiger partial charge in [-0.2, -0.15) is 0 Å². The van der Waals surface area contributed by atoms with Gasteiger partial charge in [-0.25, -0.2) is 9.59 Å². The summed E-state index contributed by atoms with van der Waals surface area (Å²) in [5, 5.41) is 0. The first-order chi connectivity index (χ1) is 19.1. The van der Waals surface area contributed by atoms with E-state index in [1.807, 2.05) is 13.8 Å². The number of hydrogen-bond donors (Lipinski definition) is 0. The van der Waals surface area contributed by atoms with Crippen molar-refractivity contribution in [2.24, 2.45) is 0 Å². The van der Waals surface area contributed by atoms with Crippen LogP contribution in [0.2, 0.25) is 0 Å². The molecule has 40 heavy (non-hydrogen) atoms. The first-order valence-electron chi connectivity index (χ1n) is 13.9. The summed E-state index contributed by atoms with van der Waals surface area (Å²) in [5.41, 5.74) is 0.572. The lowest BCUT2D eigenvalue weighted by molar-refractivity contribution is -0.140. The Labute approximate surface area is 238 Å². The molecule has 0 bridgehead atoms. The lowest BCUT2D eigenvalue weighted by atomic mass is 10.3. The second-order valence-corrected chi connectivity index (χ2v) is 9.56. The molecule has 0 aromatic carbocycles. The highest BCUT2D eigenvalue weighted by Gasteiger charge is 2.20. The van der Waals surface area contributed by atoms with E-state index >= 15 is 0 Å². The molecule has 0 spiro atoms. The maximum Gasteiger partial charge on any atom is 0.333 e. The van der Waals surface area contributed by atoms with Crippen molar-refractivity contribution in [2.75, 3.05) is 105 Å². The van der Waals surface area contributed by atoms with Crippen LogP contribution in [0.15, 0.2) is 24.3 Å². The second kappa shape index (κ2) is 20.1. The van der Waals surface area contributed by atoms with Gasteiger partial charge < -0.3 is 28.7 Å². The Morgan fingerprint density at radius 2 is 1.02 bits per heavy atom. The van der Waals surface area contributed by atoms with Crippen LogP contribution < -0.4 is 0 Å². The highest BCUT2D eigenvalue weighted by atomic mass is 16.5. The normalized spacial score (nSPS) is 15.2. The van der Waals surface area contributed by atoms with Crippen molar-refractivity contribution >= 4 is 23.8 Å². The molecular formula is C28H48N4O8. The molecule has 0 unspecified atom stereocenters. The zero-order chi connectivity index (χ0) is 29.9. The Morgan fingerprint density at radius 1 is 0.675 bits per heavy atom. The molecule has 0 N–H and O–H groups in total. The predicted octanol–water partition coefficient (Wildman–Crippen LogP) is 0.573. The van der Waals surface area contributed by atoms with Crippen LogP contribution in [0.1, 0.15) is 27.7 Å². The van der Waals surface area contributed by atoms with Crippen LogP contribution >= 0.6 is 0 Å². The van der Waals surface area contributed by atoms with Crippen molar-refractivity contribution in [3.63, 3.8) is 0 Å². The topological polar surface area (TPSA) is 118 Å². The Morgan fingerprint density at radius 3 is 1.35 bits per heavy atom. The molecule has 1 aliphatic heterocycles. The van der Waals surface area contributed by atoms with Gasteiger partial charge in [0.25, 0.3) is 0 Å². The summed E-state index contributed by atoms with van der Waals surface area (Å²) < 4.78 is 21.9. The number of carbonyl (C=O) groups excluding carboxylic acids is 4. The molecule has 0 aromatic rings. The van der Waals surface area contributed by atoms with Crippen LogP contribution in [0, 0.1) is 0 Å². The highest BCUT2D eigenvalue weighted by Crippen LogP contribution is 2.02. The Balaban J connectivity index is 2.68. The molecule has 2 amide bonds. The van der Waals surface area contributed by atoms with Crippen LogP contribution in [0.5, 0.6) is 0 Å². The lowest BCUT2D eigenvalue weighted by Crippen LogP contribution is -2.46. The smallest absolute Gasteiger partial charge is 0.333 e. The Kier molecular flexibility index (Phi) is 17.7. The van der Waals surface area contributed by atoms with Gasteiger partial charge in [-0.05, 0) is 26.9 Å². The van der Waals surface area contributed by atoms with Crippen molar-refractivity contribution in [1.29, 1.82) is 0 Å². The van der Waals surface area contributed by atoms with Crippen LogP contribution in [0.4, 0.5) is 0 Å². The van der Waals surface area contributed by atoms with Gasteiger partial charge in [-0.1, -0.05) is 27.0 Å². The van der Waals surface area contributed by atoms with E-state index in [0.29, 0.717) is 59.2 Å². The number of amides is 2. The van der Waals surface area contributed by atoms with Crippen LogP contribution in [0.25, 0.3) is 0 Å². The Hall–Kier alpha value is -2.80. The van der Waals surface area contributed by atoms with E-state index in [1.54, 1.807) is 28.5 Å². The Bertz CT molecular complexity index is 800. The minimum Gasteiger partial charge on any atom is -0.461 e. The lowest BCUT2D eigenvalue weighted by Gasteiger charge is -2.29. The molecule has 0 aromatic heterocycles. The maximum absolute atomic E-state index is 13.2. The number of hydrogen-bond acceptors (Lipinski definition) is 10. The molecule has 0 radical (unpaired) electrons. The van der Waals surface area contributed by atoms with Crippen molar-refractivity contribution < 1.29 is 38.1 Å². The number of carbonyl (C=O) groups is 4. The molecule has 1 heterocycles. The highest BCUT2D eigenvalue weighted by molar-refractivity contribution is 5.87. The third-order valence-electron chi connectivity index (χ3n) is 6.32. The molecule has 12 nitrogen and oxygen atoms in total. The van der Waals surface area contributed by atoms with Gasteiger partial charge in [0.2, 0.25) is 11.8 Å². The van der Waals surface area contributed by atoms with Gasteiger partial charge >= 0.3 is 11.9 Å². The van der Waals surface area contributed by atoms with E-state index in [9.17, 15) is 19.2 Å². The number of ether oxygens (including phenoxy) is 4. The number of likely N-dealkylation sites (N-methyl/N-ethyl adjacent to an activating group) is 1. The average Bonchev–Trinajstić information content (AvgIpc) is 2.91. The van der Waals surface area contributed by atoms with E-state index in [-0.39, 0.29) is 55.8 Å². The molecule has 228 valence electrons. The predicted molar refractivity (Wildman–Crippen MR) is 151 cm³/mol. The molecule has 1 aliphatic rings. The van der Waals surface area contributed by atoms with Gasteiger partial charge in [-0.3, -0.25) is 19.4 Å². The summed E-state index contributed by atoms with van der Waals surface area (Å²) in [6.07, 6.45) is 0. The van der Waals surface area contributed by atoms with Gasteiger partial charge in [0.05, 0.1) is 39.5 Å². The summed E-state index contributed by atoms with van der Waals surface area (Å²) in [7, 11) is 0. The fourth-order valence-corrected chi connectivity index (χ4v) is 3.71. The number of rotatable bonds is 14. The minimum atomic E-state index is -0.509. The van der Waals surface area contributed by atoms with E-state index in [1.165, 1.54) is 0 Å². The van der Waals surface area contributed by atoms with Gasteiger partial charge in [-0.15, -0.1) is 0 Å². The first kappa shape index (κ1) is 35.2. The molecule has 0 aliphatic carbocycles. The fourth-order valence-electron chi connectivity index (χ4n) is 3.71. The molecule has 1 fully saturated rings. The van der Waals surface area contributed by atoms with Gasteiger partial charge in [0.15, 0.2) is 0 Å². The van der Waals surface area contributed by atoms with E-state index in [2.05, 4.69) is 18.1 Å². The van der Waals surface area contributed by atoms with Crippen LogP contribution in [-0.4, -0.2) is 148 Å². The van der Waals surface area contributed by atoms with E-state index in [4.69, 9.17) is 18.9 Å². The SMILES string of the molecule is C=C(C)C(=O)OCCN(CCOC(=O)C(=C)C)CC(=O)N1CCOCCN(C(=O)CN(CC)CC)CCOCC1. The summed E-state index contributed by atoms with van der Waals surface area (Å²) in [6, 6.07) is 0. The van der Waals surface area contributed by atoms with Crippen molar-refractivity contribution in [1.82, 2.24) is 19.6 Å². The van der Waals surface area contributed by atoms with E-state index in [0.717, 1.165) is 13.1 Å². The molecule has 0 saturated carbocycles. The zero-order valence-electron chi connectivity index (χ0n) is 24.8. The average molecular weight is 569 g/mol. The summed E-state index contributed by atoms with van der Waals surface area (Å²) in [6.45, 7) is 20.0. The quantitative estimate of drug-likeness (QED) is 0.217. The van der Waals surface area contributed by atoms with Crippen molar-refractivity contribution in [2.45, 2.75) is 27.7 Å². The van der Waals surface area contributed by atoms with Gasteiger partial charge in [0.1, 0.15) is 13.2 Å². The fraction of sp³-hybridized carbons (Fsp3) is 0.714. The molecule has 0 atom stereocenters. The molecule has 1 rings (SSSR count). The molecule has 12 heteroatoms. The standard InChI is InChI=1S/C28H48N4O8/c1-7-29(8-2)21-25(33)31-11-15-37-17-13-32(14-18-38-16-12-31)26(34)22-30(9-19-39-27(35)23(3)4)10-20-40-28(36)24(5)6/h3,5,7-22H2,1-2,4,6H3. The zero-order valence-corrected chi connectivity index (χ0v) is 24.8. The number of nitrogens with zero attached hydrogens (tertiary/aromatic N) is 4. The molecular weight excluding hydrogens is 520 g/mol. The van der Waals surface area contributed by atoms with E-state index < -0.39 is 11.9 Å².